The number of hydrogen-bond donors (Lipinski definition) is 1. The molecular formula is C10H10Hg2O6S. The van der Waals surface area contributed by atoms with E-state index in [1.54, 1.807) is 6.07 Å². The number of rotatable bonds is 2. The van der Waals surface area contributed by atoms with Crippen LogP contribution in [-0.4, -0.2) is 23.0 Å². The molecule has 0 saturated carbocycles. The summed E-state index contributed by atoms with van der Waals surface area (Å²) >= 11 is 1.25. The van der Waals surface area contributed by atoms with Crippen LogP contribution in [-0.2, 0) is 76.1 Å². The van der Waals surface area contributed by atoms with Crippen LogP contribution in [0.2, 0.25) is 0 Å². The van der Waals surface area contributed by atoms with E-state index in [1.165, 1.54) is 11.3 Å². The van der Waals surface area contributed by atoms with Crippen LogP contribution >= 0.6 is 11.3 Å². The van der Waals surface area contributed by atoms with Gasteiger partial charge in [-0.25, -0.2) is 0 Å². The van der Waals surface area contributed by atoms with Crippen LogP contribution in [0.3, 0.4) is 0 Å². The van der Waals surface area contributed by atoms with Gasteiger partial charge < -0.3 is 24.9 Å². The van der Waals surface area contributed by atoms with E-state index in [2.05, 4.69) is 11.4 Å². The summed E-state index contributed by atoms with van der Waals surface area (Å²) in [6.45, 7) is 2.06. The van der Waals surface area contributed by atoms with Gasteiger partial charge in [-0.15, -0.1) is 0 Å². The minimum Gasteiger partial charge on any atom is -0.550 e. The predicted octanol–water partition coefficient (Wildman–Crippen LogP) is -1.52. The molecule has 1 aromatic heterocycles. The van der Waals surface area contributed by atoms with Crippen molar-refractivity contribution >= 4 is 29.2 Å². The Bertz CT molecular complexity index is 333. The zero-order chi connectivity index (χ0) is 13.8. The van der Waals surface area contributed by atoms with Gasteiger partial charge >= 0.3 is 55.3 Å². The summed E-state index contributed by atoms with van der Waals surface area (Å²) < 4.78 is 0. The second-order valence-corrected chi connectivity index (χ2v) is 3.45. The van der Waals surface area contributed by atoms with Crippen molar-refractivity contribution < 1.29 is 85.0 Å². The van der Waals surface area contributed by atoms with Gasteiger partial charge in [-0.3, -0.25) is 4.79 Å². The first-order valence-electron chi connectivity index (χ1n) is 4.19. The molecule has 0 bridgehead atoms. The molecule has 0 aliphatic rings. The number of carboxylic acids is 3. The number of hydrogen-bond acceptors (Lipinski definition) is 6. The van der Waals surface area contributed by atoms with Crippen LogP contribution in [0.4, 0.5) is 0 Å². The Hall–Kier alpha value is -0.200. The van der Waals surface area contributed by atoms with Crippen molar-refractivity contribution in [3.8, 4) is 0 Å². The van der Waals surface area contributed by atoms with Crippen molar-refractivity contribution in [3.05, 3.63) is 22.4 Å². The van der Waals surface area contributed by atoms with Gasteiger partial charge in [0, 0.05) is 36.2 Å². The van der Waals surface area contributed by atoms with Crippen molar-refractivity contribution in [1.29, 1.82) is 0 Å². The maximum absolute atomic E-state index is 9.93. The van der Waals surface area contributed by atoms with Crippen LogP contribution in [0.25, 0.3) is 0 Å². The van der Waals surface area contributed by atoms with Gasteiger partial charge in [0.1, 0.15) is 0 Å². The molecule has 0 aromatic carbocycles. The van der Waals surface area contributed by atoms with Gasteiger partial charge in [0.05, 0.1) is 0 Å². The molecule has 96 valence electrons. The molecule has 0 unspecified atom stereocenters. The monoisotopic (exact) mass is 662 g/mol. The van der Waals surface area contributed by atoms with Crippen molar-refractivity contribution in [3.63, 3.8) is 0 Å². The van der Waals surface area contributed by atoms with Gasteiger partial charge in [0.15, 0.2) is 0 Å². The van der Waals surface area contributed by atoms with Gasteiger partial charge in [-0.2, -0.15) is 0 Å². The molecule has 0 saturated heterocycles. The van der Waals surface area contributed by atoms with Crippen LogP contribution in [0, 0.1) is 11.4 Å². The first kappa shape index (κ1) is 27.2. The van der Waals surface area contributed by atoms with E-state index >= 15 is 0 Å². The largest absolute Gasteiger partial charge is 1.00 e. The third-order valence-electron chi connectivity index (χ3n) is 0.793. The van der Waals surface area contributed by atoms with Crippen molar-refractivity contribution in [2.75, 3.05) is 0 Å². The Labute approximate surface area is 155 Å². The molecule has 0 atom stereocenters. The molecular weight excluding hydrogens is 649 g/mol. The number of carboxylic acid groups (broad SMARTS) is 3. The Balaban J connectivity index is -0.0000000975. The zero-order valence-electron chi connectivity index (χ0n) is 10.6. The van der Waals surface area contributed by atoms with Crippen molar-refractivity contribution in [2.45, 2.75) is 20.3 Å². The minimum absolute atomic E-state index is 0. The summed E-state index contributed by atoms with van der Waals surface area (Å²) in [7, 11) is 0. The van der Waals surface area contributed by atoms with Gasteiger partial charge in [-0.05, 0) is 12.3 Å². The molecule has 2 radical (unpaired) electrons. The quantitative estimate of drug-likeness (QED) is 0.386. The topological polar surface area (TPSA) is 118 Å². The molecule has 1 N–H and O–H groups in total. The van der Waals surface area contributed by atoms with Crippen molar-refractivity contribution in [2.24, 2.45) is 0 Å². The zero-order valence-corrected chi connectivity index (χ0v) is 22.4. The van der Waals surface area contributed by atoms with E-state index in [0.29, 0.717) is 0 Å². The summed E-state index contributed by atoms with van der Waals surface area (Å²) in [6.07, 6.45) is -0.0231. The molecule has 0 aliphatic carbocycles. The summed E-state index contributed by atoms with van der Waals surface area (Å²) in [5.41, 5.74) is 0. The number of aliphatic carboxylic acids is 3. The molecule has 0 spiro atoms. The van der Waals surface area contributed by atoms with E-state index in [0.717, 1.165) is 18.7 Å². The molecule has 1 rings (SSSR count). The molecule has 1 aromatic rings. The predicted molar refractivity (Wildman–Crippen MR) is 54.7 cm³/mol. The molecule has 0 aliphatic heterocycles. The second kappa shape index (κ2) is 17.8. The minimum atomic E-state index is -1.08. The molecule has 9 heteroatoms. The third kappa shape index (κ3) is 38.1. The Morgan fingerprint density at radius 2 is 1.63 bits per heavy atom. The van der Waals surface area contributed by atoms with Crippen LogP contribution < -0.4 is 10.2 Å². The maximum Gasteiger partial charge on any atom is 1.00 e. The van der Waals surface area contributed by atoms with Crippen molar-refractivity contribution in [1.82, 2.24) is 0 Å². The Morgan fingerprint density at radius 1 is 1.26 bits per heavy atom. The smallest absolute Gasteiger partial charge is 0.550 e. The summed E-state index contributed by atoms with van der Waals surface area (Å²) in [6, 6.07) is 4.24. The molecule has 0 amide bonds. The Morgan fingerprint density at radius 3 is 1.84 bits per heavy atom. The Kier molecular flexibility index (Phi) is 25.5. The van der Waals surface area contributed by atoms with E-state index in [9.17, 15) is 9.90 Å². The first-order valence-corrected chi connectivity index (χ1v) is 5.00. The molecule has 0 fully saturated rings. The number of carbonyl (C=O) groups is 3. The second-order valence-electron chi connectivity index (χ2n) is 2.52. The SMILES string of the molecule is CC(=O)O.CC(=O)[O-].O=C([O-])Cc1cc#cs1.[Hg+].[Hg+]. The summed E-state index contributed by atoms with van der Waals surface area (Å²) in [5, 5.41) is 28.9. The summed E-state index contributed by atoms with van der Waals surface area (Å²) in [5.74, 6) is -2.97. The van der Waals surface area contributed by atoms with Crippen LogP contribution in [0.1, 0.15) is 18.7 Å². The average molecular weight is 659 g/mol. The van der Waals surface area contributed by atoms with E-state index in [1.807, 2.05) is 0 Å². The molecule has 19 heavy (non-hydrogen) atoms. The normalized spacial score (nSPS) is 6.63. The fraction of sp³-hybridized carbons (Fsp3) is 0.300. The van der Waals surface area contributed by atoms with E-state index in [-0.39, 0.29) is 61.8 Å². The van der Waals surface area contributed by atoms with Gasteiger partial charge in [-0.1, -0.05) is 17.4 Å². The average Bonchev–Trinajstić information content (AvgIpc) is 2.52. The fourth-order valence-electron chi connectivity index (χ4n) is 0.464. The number of carbonyl (C=O) groups excluding carboxylic acids is 2. The summed E-state index contributed by atoms with van der Waals surface area (Å²) in [4.78, 5) is 28.6. The van der Waals surface area contributed by atoms with E-state index in [4.69, 9.17) is 19.8 Å². The van der Waals surface area contributed by atoms with Crippen LogP contribution in [0.15, 0.2) is 6.07 Å². The maximum atomic E-state index is 9.93. The van der Waals surface area contributed by atoms with Gasteiger partial charge in [0.25, 0.3) is 5.97 Å². The molecule has 1 heterocycles. The van der Waals surface area contributed by atoms with Gasteiger partial charge in [0.2, 0.25) is 0 Å². The molecule has 6 nitrogen and oxygen atoms in total. The van der Waals surface area contributed by atoms with E-state index < -0.39 is 17.9 Å². The third-order valence-corrected chi connectivity index (χ3v) is 1.54. The fourth-order valence-corrected chi connectivity index (χ4v) is 1.02. The standard InChI is InChI=1S/C6H4O2S.2C2H4O2.2Hg/c7-6(8)4-5-2-1-3-9-5;2*1-2(3)4;;/h2H,4H2,(H,7,8);2*1H3,(H,3,4);;/q;;;2*+1/p-2. The van der Waals surface area contributed by atoms with Crippen LogP contribution in [0.5, 0.6) is 0 Å². The first-order chi connectivity index (χ1) is 7.75.